The SMILES string of the molecule is COc1ccccc1Oc1ncnc(Nc2ccc3c(c2)OCO3)c1[N+](=O)[O-]. The maximum atomic E-state index is 11.7. The normalized spacial score (nSPS) is 11.8. The maximum Gasteiger partial charge on any atom is 0.373 e. The molecule has 1 N–H and O–H groups in total. The lowest BCUT2D eigenvalue weighted by Crippen LogP contribution is -2.04. The first-order valence-corrected chi connectivity index (χ1v) is 8.12. The van der Waals surface area contributed by atoms with Crippen LogP contribution in [0.25, 0.3) is 0 Å². The highest BCUT2D eigenvalue weighted by atomic mass is 16.7. The van der Waals surface area contributed by atoms with Crippen LogP contribution in [0.2, 0.25) is 0 Å². The predicted molar refractivity (Wildman–Crippen MR) is 97.6 cm³/mol. The summed E-state index contributed by atoms with van der Waals surface area (Å²) in [5.41, 5.74) is 0.125. The van der Waals surface area contributed by atoms with Gasteiger partial charge in [-0.2, -0.15) is 4.98 Å². The molecule has 28 heavy (non-hydrogen) atoms. The third kappa shape index (κ3) is 3.30. The molecule has 2 heterocycles. The molecule has 4 rings (SSSR count). The molecule has 0 saturated heterocycles. The molecule has 0 unspecified atom stereocenters. The molecule has 0 radical (unpaired) electrons. The van der Waals surface area contributed by atoms with Gasteiger partial charge >= 0.3 is 11.6 Å². The van der Waals surface area contributed by atoms with Crippen molar-refractivity contribution in [2.45, 2.75) is 0 Å². The lowest BCUT2D eigenvalue weighted by atomic mass is 10.2. The number of nitro groups is 1. The number of fused-ring (bicyclic) bond motifs is 1. The molecule has 0 fully saturated rings. The number of nitrogens with zero attached hydrogens (tertiary/aromatic N) is 3. The Labute approximate surface area is 158 Å². The average Bonchev–Trinajstić information content (AvgIpc) is 3.16. The molecule has 1 aliphatic heterocycles. The number of anilines is 2. The van der Waals surface area contributed by atoms with E-state index in [1.807, 2.05) is 0 Å². The topological polar surface area (TPSA) is 118 Å². The predicted octanol–water partition coefficient (Wildman–Crippen LogP) is 3.66. The fraction of sp³-hybridized carbons (Fsp3) is 0.111. The lowest BCUT2D eigenvalue weighted by molar-refractivity contribution is -0.385. The van der Waals surface area contributed by atoms with E-state index < -0.39 is 10.6 Å². The molecule has 0 spiro atoms. The van der Waals surface area contributed by atoms with Gasteiger partial charge in [0.15, 0.2) is 23.0 Å². The molecule has 1 aliphatic rings. The zero-order valence-corrected chi connectivity index (χ0v) is 14.6. The summed E-state index contributed by atoms with van der Waals surface area (Å²) in [5, 5.41) is 14.6. The molecule has 0 aliphatic carbocycles. The van der Waals surface area contributed by atoms with Gasteiger partial charge in [-0.3, -0.25) is 10.1 Å². The molecule has 0 amide bonds. The van der Waals surface area contributed by atoms with E-state index in [1.54, 1.807) is 42.5 Å². The van der Waals surface area contributed by atoms with Crippen molar-refractivity contribution >= 4 is 17.2 Å². The summed E-state index contributed by atoms with van der Waals surface area (Å²) >= 11 is 0. The summed E-state index contributed by atoms with van der Waals surface area (Å²) in [6, 6.07) is 11.8. The first-order chi connectivity index (χ1) is 13.7. The van der Waals surface area contributed by atoms with Crippen LogP contribution in [-0.4, -0.2) is 28.8 Å². The van der Waals surface area contributed by atoms with Gasteiger partial charge in [0, 0.05) is 11.8 Å². The Morgan fingerprint density at radius 2 is 1.89 bits per heavy atom. The van der Waals surface area contributed by atoms with Gasteiger partial charge in [-0.15, -0.1) is 0 Å². The Hall–Kier alpha value is -4.08. The monoisotopic (exact) mass is 382 g/mol. The lowest BCUT2D eigenvalue weighted by Gasteiger charge is -2.11. The highest BCUT2D eigenvalue weighted by molar-refractivity contribution is 5.70. The van der Waals surface area contributed by atoms with Crippen molar-refractivity contribution < 1.29 is 23.9 Å². The third-order valence-corrected chi connectivity index (χ3v) is 3.88. The van der Waals surface area contributed by atoms with Crippen LogP contribution in [0.4, 0.5) is 17.2 Å². The van der Waals surface area contributed by atoms with E-state index in [1.165, 1.54) is 13.4 Å². The molecule has 10 nitrogen and oxygen atoms in total. The van der Waals surface area contributed by atoms with Gasteiger partial charge in [0.2, 0.25) is 12.6 Å². The molecular formula is C18H14N4O6. The second-order valence-electron chi connectivity index (χ2n) is 5.58. The molecule has 3 aromatic rings. The molecule has 1 aromatic heterocycles. The van der Waals surface area contributed by atoms with Crippen molar-refractivity contribution in [3.63, 3.8) is 0 Å². The smallest absolute Gasteiger partial charge is 0.373 e. The average molecular weight is 382 g/mol. The summed E-state index contributed by atoms with van der Waals surface area (Å²) in [6.45, 7) is 0.128. The minimum absolute atomic E-state index is 0.0243. The van der Waals surface area contributed by atoms with E-state index in [2.05, 4.69) is 15.3 Å². The summed E-state index contributed by atoms with van der Waals surface area (Å²) in [7, 11) is 1.48. The van der Waals surface area contributed by atoms with Gasteiger partial charge in [0.05, 0.1) is 12.0 Å². The largest absolute Gasteiger partial charge is 0.493 e. The highest BCUT2D eigenvalue weighted by Gasteiger charge is 2.26. The third-order valence-electron chi connectivity index (χ3n) is 3.88. The molecular weight excluding hydrogens is 368 g/mol. The van der Waals surface area contributed by atoms with Gasteiger partial charge in [-0.25, -0.2) is 4.98 Å². The Bertz CT molecular complexity index is 1040. The van der Waals surface area contributed by atoms with Crippen LogP contribution in [0.5, 0.6) is 28.9 Å². The number of hydrogen-bond donors (Lipinski definition) is 1. The standard InChI is InChI=1S/C18H14N4O6/c1-25-12-4-2-3-5-14(12)28-18-16(22(23)24)17(19-9-20-18)21-11-6-7-13-15(8-11)27-10-26-13/h2-9H,10H2,1H3,(H,19,20,21). The number of hydrogen-bond acceptors (Lipinski definition) is 9. The first kappa shape index (κ1) is 17.3. The minimum Gasteiger partial charge on any atom is -0.493 e. The fourth-order valence-electron chi connectivity index (χ4n) is 2.61. The van der Waals surface area contributed by atoms with E-state index in [9.17, 15) is 10.1 Å². The first-order valence-electron chi connectivity index (χ1n) is 8.12. The van der Waals surface area contributed by atoms with Crippen molar-refractivity contribution in [2.75, 3.05) is 19.2 Å². The van der Waals surface area contributed by atoms with E-state index in [0.29, 0.717) is 28.7 Å². The molecule has 10 heteroatoms. The molecule has 2 aromatic carbocycles. The van der Waals surface area contributed by atoms with Crippen molar-refractivity contribution in [2.24, 2.45) is 0 Å². The number of aromatic nitrogens is 2. The number of rotatable bonds is 6. The summed E-state index contributed by atoms with van der Waals surface area (Å²) in [6.07, 6.45) is 1.17. The summed E-state index contributed by atoms with van der Waals surface area (Å²) in [5.74, 6) is 1.60. The van der Waals surface area contributed by atoms with Gasteiger partial charge in [-0.05, 0) is 24.3 Å². The zero-order valence-electron chi connectivity index (χ0n) is 14.6. The number of benzene rings is 2. The fourth-order valence-corrected chi connectivity index (χ4v) is 2.61. The van der Waals surface area contributed by atoms with Crippen molar-refractivity contribution in [3.05, 3.63) is 58.9 Å². The van der Waals surface area contributed by atoms with Crippen molar-refractivity contribution in [3.8, 4) is 28.9 Å². The van der Waals surface area contributed by atoms with Crippen LogP contribution in [0.3, 0.4) is 0 Å². The van der Waals surface area contributed by atoms with E-state index in [0.717, 1.165) is 0 Å². The Kier molecular flexibility index (Phi) is 4.50. The van der Waals surface area contributed by atoms with Gasteiger partial charge in [0.1, 0.15) is 6.33 Å². The molecule has 0 saturated carbocycles. The van der Waals surface area contributed by atoms with Gasteiger partial charge < -0.3 is 24.3 Å². The molecule has 0 bridgehead atoms. The Morgan fingerprint density at radius 1 is 1.11 bits per heavy atom. The Balaban J connectivity index is 1.68. The van der Waals surface area contributed by atoms with Crippen molar-refractivity contribution in [1.82, 2.24) is 9.97 Å². The van der Waals surface area contributed by atoms with Crippen LogP contribution in [-0.2, 0) is 0 Å². The van der Waals surface area contributed by atoms with Crippen LogP contribution in [0, 0.1) is 10.1 Å². The molecule has 0 atom stereocenters. The second-order valence-corrected chi connectivity index (χ2v) is 5.58. The number of ether oxygens (including phenoxy) is 4. The van der Waals surface area contributed by atoms with Gasteiger partial charge in [0.25, 0.3) is 0 Å². The second kappa shape index (κ2) is 7.27. The van der Waals surface area contributed by atoms with Gasteiger partial charge in [-0.1, -0.05) is 12.1 Å². The zero-order chi connectivity index (χ0) is 19.5. The Morgan fingerprint density at radius 3 is 2.68 bits per heavy atom. The summed E-state index contributed by atoms with van der Waals surface area (Å²) in [4.78, 5) is 19.0. The van der Waals surface area contributed by atoms with E-state index in [-0.39, 0.29) is 18.5 Å². The number of para-hydroxylation sites is 2. The van der Waals surface area contributed by atoms with E-state index >= 15 is 0 Å². The molecule has 142 valence electrons. The quantitative estimate of drug-likeness (QED) is 0.503. The number of nitrogens with one attached hydrogen (secondary N) is 1. The van der Waals surface area contributed by atoms with Crippen LogP contribution in [0.1, 0.15) is 0 Å². The minimum atomic E-state index is -0.611. The van der Waals surface area contributed by atoms with E-state index in [4.69, 9.17) is 18.9 Å². The van der Waals surface area contributed by atoms with Crippen molar-refractivity contribution in [1.29, 1.82) is 0 Å². The van der Waals surface area contributed by atoms with Crippen LogP contribution < -0.4 is 24.3 Å². The van der Waals surface area contributed by atoms with Crippen LogP contribution >= 0.6 is 0 Å². The van der Waals surface area contributed by atoms with Crippen LogP contribution in [0.15, 0.2) is 48.8 Å². The summed E-state index contributed by atoms with van der Waals surface area (Å²) < 4.78 is 21.4. The maximum absolute atomic E-state index is 11.7. The highest BCUT2D eigenvalue weighted by Crippen LogP contribution is 2.40. The number of methoxy groups -OCH3 is 1.